The Kier molecular flexibility index (Phi) is 4.37. The first-order chi connectivity index (χ1) is 9.58. The van der Waals surface area contributed by atoms with Crippen LogP contribution in [0.2, 0.25) is 0 Å². The Hall–Kier alpha value is -2.34. The molecular weight excluding hydrogens is 278 g/mol. The van der Waals surface area contributed by atoms with Crippen molar-refractivity contribution < 1.29 is 19.8 Å². The molecule has 0 atom stereocenters. The van der Waals surface area contributed by atoms with Gasteiger partial charge < -0.3 is 10.2 Å². The quantitative estimate of drug-likeness (QED) is 0.823. The lowest BCUT2D eigenvalue weighted by molar-refractivity contribution is 0.0645. The molecule has 0 saturated carbocycles. The summed E-state index contributed by atoms with van der Waals surface area (Å²) >= 11 is 1.36. The summed E-state index contributed by atoms with van der Waals surface area (Å²) < 4.78 is 0. The van der Waals surface area contributed by atoms with Gasteiger partial charge in [0.15, 0.2) is 5.69 Å². The summed E-state index contributed by atoms with van der Waals surface area (Å²) in [4.78, 5) is 25.8. The van der Waals surface area contributed by atoms with Gasteiger partial charge in [-0.3, -0.25) is 0 Å². The molecule has 0 amide bonds. The summed E-state index contributed by atoms with van der Waals surface area (Å²) in [5.41, 5.74) is 0.343. The molecule has 5 nitrogen and oxygen atoms in total. The Morgan fingerprint density at radius 3 is 2.30 bits per heavy atom. The molecule has 0 fully saturated rings. The lowest BCUT2D eigenvalue weighted by atomic mass is 10.2. The van der Waals surface area contributed by atoms with Gasteiger partial charge in [0, 0.05) is 5.75 Å². The third-order valence-electron chi connectivity index (χ3n) is 2.53. The predicted octanol–water partition coefficient (Wildman–Crippen LogP) is 2.77. The third kappa shape index (κ3) is 3.36. The monoisotopic (exact) mass is 289 g/mol. The predicted molar refractivity (Wildman–Crippen MR) is 74.2 cm³/mol. The van der Waals surface area contributed by atoms with Crippen LogP contribution in [0.25, 0.3) is 0 Å². The van der Waals surface area contributed by atoms with E-state index in [0.717, 1.165) is 5.56 Å². The summed E-state index contributed by atoms with van der Waals surface area (Å²) in [6.45, 7) is 0. The minimum atomic E-state index is -1.34. The van der Waals surface area contributed by atoms with E-state index in [1.807, 2.05) is 30.3 Å². The van der Waals surface area contributed by atoms with Gasteiger partial charge in [0.2, 0.25) is 0 Å². The Labute approximate surface area is 119 Å². The van der Waals surface area contributed by atoms with Crippen molar-refractivity contribution in [3.05, 3.63) is 59.3 Å². The van der Waals surface area contributed by atoms with Crippen LogP contribution in [-0.2, 0) is 5.75 Å². The molecule has 0 bridgehead atoms. The largest absolute Gasteiger partial charge is 0.478 e. The highest BCUT2D eigenvalue weighted by atomic mass is 32.2. The number of aromatic nitrogens is 1. The second-order valence-corrected chi connectivity index (χ2v) is 4.93. The molecule has 1 aromatic carbocycles. The SMILES string of the molecule is O=C(O)c1ccc(SCc2ccccc2)nc1C(=O)O. The molecule has 102 valence electrons. The van der Waals surface area contributed by atoms with Crippen LogP contribution >= 0.6 is 11.8 Å². The van der Waals surface area contributed by atoms with Crippen molar-refractivity contribution in [1.29, 1.82) is 0 Å². The molecule has 1 heterocycles. The van der Waals surface area contributed by atoms with Crippen molar-refractivity contribution in [2.24, 2.45) is 0 Å². The topological polar surface area (TPSA) is 87.5 Å². The lowest BCUT2D eigenvalue weighted by Gasteiger charge is -2.05. The fourth-order valence-electron chi connectivity index (χ4n) is 1.59. The number of rotatable bonds is 5. The van der Waals surface area contributed by atoms with Crippen LogP contribution in [-0.4, -0.2) is 27.1 Å². The number of carboxylic acids is 2. The molecule has 0 spiro atoms. The molecule has 0 unspecified atom stereocenters. The van der Waals surface area contributed by atoms with E-state index in [2.05, 4.69) is 4.98 Å². The van der Waals surface area contributed by atoms with Gasteiger partial charge in [0.1, 0.15) is 0 Å². The van der Waals surface area contributed by atoms with Gasteiger partial charge in [0.05, 0.1) is 10.6 Å². The average Bonchev–Trinajstić information content (AvgIpc) is 2.45. The van der Waals surface area contributed by atoms with Gasteiger partial charge in [-0.25, -0.2) is 14.6 Å². The van der Waals surface area contributed by atoms with Crippen LogP contribution in [0, 0.1) is 0 Å². The van der Waals surface area contributed by atoms with Gasteiger partial charge in [-0.05, 0) is 17.7 Å². The number of benzene rings is 1. The molecule has 0 saturated heterocycles. The number of nitrogens with zero attached hydrogens (tertiary/aromatic N) is 1. The Morgan fingerprint density at radius 1 is 1.00 bits per heavy atom. The molecule has 2 rings (SSSR count). The van der Waals surface area contributed by atoms with Crippen LogP contribution in [0.4, 0.5) is 0 Å². The molecule has 1 aromatic heterocycles. The van der Waals surface area contributed by atoms with Gasteiger partial charge in [-0.1, -0.05) is 30.3 Å². The van der Waals surface area contributed by atoms with Gasteiger partial charge in [-0.15, -0.1) is 11.8 Å². The minimum absolute atomic E-state index is 0.304. The maximum absolute atomic E-state index is 11.0. The van der Waals surface area contributed by atoms with Crippen molar-refractivity contribution >= 4 is 23.7 Å². The fourth-order valence-corrected chi connectivity index (χ4v) is 2.42. The standard InChI is InChI=1S/C14H11NO4S/c16-13(17)10-6-7-11(15-12(10)14(18)19)20-8-9-4-2-1-3-5-9/h1-7H,8H2,(H,16,17)(H,18,19). The van der Waals surface area contributed by atoms with E-state index < -0.39 is 17.6 Å². The zero-order chi connectivity index (χ0) is 14.5. The van der Waals surface area contributed by atoms with E-state index in [4.69, 9.17) is 10.2 Å². The molecule has 20 heavy (non-hydrogen) atoms. The second kappa shape index (κ2) is 6.21. The number of hydrogen-bond acceptors (Lipinski definition) is 4. The van der Waals surface area contributed by atoms with Crippen molar-refractivity contribution in [3.8, 4) is 0 Å². The van der Waals surface area contributed by atoms with Crippen LogP contribution in [0.5, 0.6) is 0 Å². The van der Waals surface area contributed by atoms with E-state index in [-0.39, 0.29) is 5.56 Å². The lowest BCUT2D eigenvalue weighted by Crippen LogP contribution is -2.10. The third-order valence-corrected chi connectivity index (χ3v) is 3.53. The summed E-state index contributed by atoms with van der Waals surface area (Å²) in [5.74, 6) is -2.00. The van der Waals surface area contributed by atoms with Crippen molar-refractivity contribution in [1.82, 2.24) is 4.98 Å². The summed E-state index contributed by atoms with van der Waals surface area (Å²) in [7, 11) is 0. The zero-order valence-electron chi connectivity index (χ0n) is 10.3. The molecular formula is C14H11NO4S. The number of carbonyl (C=O) groups is 2. The Bertz CT molecular complexity index is 643. The molecule has 0 aliphatic carbocycles. The van der Waals surface area contributed by atoms with Crippen molar-refractivity contribution in [2.45, 2.75) is 10.8 Å². The summed E-state index contributed by atoms with van der Waals surface area (Å²) in [6.07, 6.45) is 0. The highest BCUT2D eigenvalue weighted by Gasteiger charge is 2.18. The van der Waals surface area contributed by atoms with Gasteiger partial charge in [0.25, 0.3) is 0 Å². The van der Waals surface area contributed by atoms with E-state index in [1.54, 1.807) is 0 Å². The first kappa shape index (κ1) is 14.1. The van der Waals surface area contributed by atoms with Crippen molar-refractivity contribution in [3.63, 3.8) is 0 Å². The van der Waals surface area contributed by atoms with Crippen LogP contribution in [0.1, 0.15) is 26.4 Å². The molecule has 2 aromatic rings. The summed E-state index contributed by atoms with van der Waals surface area (Å²) in [6, 6.07) is 12.4. The van der Waals surface area contributed by atoms with E-state index >= 15 is 0 Å². The van der Waals surface area contributed by atoms with Gasteiger partial charge >= 0.3 is 11.9 Å². The van der Waals surface area contributed by atoms with E-state index in [1.165, 1.54) is 23.9 Å². The highest BCUT2D eigenvalue weighted by Crippen LogP contribution is 2.22. The number of pyridine rings is 1. The number of thioether (sulfide) groups is 1. The van der Waals surface area contributed by atoms with Crippen LogP contribution < -0.4 is 0 Å². The minimum Gasteiger partial charge on any atom is -0.478 e. The number of carboxylic acid groups (broad SMARTS) is 2. The van der Waals surface area contributed by atoms with Crippen LogP contribution in [0.15, 0.2) is 47.5 Å². The molecule has 2 N–H and O–H groups in total. The number of aromatic carboxylic acids is 2. The van der Waals surface area contributed by atoms with E-state index in [0.29, 0.717) is 10.8 Å². The molecule has 0 aliphatic heterocycles. The highest BCUT2D eigenvalue weighted by molar-refractivity contribution is 7.98. The first-order valence-electron chi connectivity index (χ1n) is 5.72. The Balaban J connectivity index is 2.19. The van der Waals surface area contributed by atoms with Gasteiger partial charge in [-0.2, -0.15) is 0 Å². The smallest absolute Gasteiger partial charge is 0.355 e. The fraction of sp³-hybridized carbons (Fsp3) is 0.0714. The average molecular weight is 289 g/mol. The first-order valence-corrected chi connectivity index (χ1v) is 6.71. The zero-order valence-corrected chi connectivity index (χ0v) is 11.1. The molecule has 0 aliphatic rings. The van der Waals surface area contributed by atoms with Crippen molar-refractivity contribution in [2.75, 3.05) is 0 Å². The maximum atomic E-state index is 11.0. The summed E-state index contributed by atoms with van der Waals surface area (Å²) in [5, 5.41) is 18.4. The van der Waals surface area contributed by atoms with Crippen LogP contribution in [0.3, 0.4) is 0 Å². The number of hydrogen-bond donors (Lipinski definition) is 2. The molecule has 6 heteroatoms. The second-order valence-electron chi connectivity index (χ2n) is 3.93. The maximum Gasteiger partial charge on any atom is 0.355 e. The molecule has 0 radical (unpaired) electrons. The Morgan fingerprint density at radius 2 is 1.70 bits per heavy atom. The van der Waals surface area contributed by atoms with E-state index in [9.17, 15) is 9.59 Å². The normalized spacial score (nSPS) is 10.2.